The van der Waals surface area contributed by atoms with Crippen molar-refractivity contribution in [1.29, 1.82) is 0 Å². The standard InChI is InChI=1S/C14H17N3O2S2/c1-10-6-7-12(11-4-2-8-16-14(10)11)21(18,19)17-9-3-5-13(15)20/h2,4,6-8,17H,3,5,9H2,1H3,(H2,15,20). The number of sulfonamides is 1. The normalized spacial score (nSPS) is 11.7. The molecule has 21 heavy (non-hydrogen) atoms. The first-order valence-electron chi connectivity index (χ1n) is 6.54. The molecular weight excluding hydrogens is 306 g/mol. The van der Waals surface area contributed by atoms with Gasteiger partial charge in [-0.05, 0) is 43.5 Å². The van der Waals surface area contributed by atoms with Crippen LogP contribution < -0.4 is 10.5 Å². The molecule has 1 heterocycles. The predicted octanol–water partition coefficient (Wildman–Crippen LogP) is 1.89. The number of hydrogen-bond acceptors (Lipinski definition) is 4. The Labute approximate surface area is 129 Å². The highest BCUT2D eigenvalue weighted by atomic mass is 32.2. The first-order chi connectivity index (χ1) is 9.92. The third kappa shape index (κ3) is 3.75. The van der Waals surface area contributed by atoms with E-state index in [1.54, 1.807) is 30.5 Å². The fraction of sp³-hybridized carbons (Fsp3) is 0.286. The minimum Gasteiger partial charge on any atom is -0.393 e. The Balaban J connectivity index is 2.28. The molecule has 1 aromatic carbocycles. The smallest absolute Gasteiger partial charge is 0.241 e. The number of aryl methyl sites for hydroxylation is 1. The van der Waals surface area contributed by atoms with E-state index in [0.29, 0.717) is 35.3 Å². The molecule has 0 fully saturated rings. The first kappa shape index (κ1) is 15.8. The van der Waals surface area contributed by atoms with Crippen molar-refractivity contribution in [3.05, 3.63) is 36.0 Å². The van der Waals surface area contributed by atoms with Crippen LogP contribution in [0.3, 0.4) is 0 Å². The van der Waals surface area contributed by atoms with E-state index < -0.39 is 10.0 Å². The number of nitrogens with two attached hydrogens (primary N) is 1. The number of aromatic nitrogens is 1. The molecule has 0 bridgehead atoms. The van der Waals surface area contributed by atoms with Crippen LogP contribution in [0.4, 0.5) is 0 Å². The topological polar surface area (TPSA) is 85.1 Å². The van der Waals surface area contributed by atoms with Crippen molar-refractivity contribution >= 4 is 38.1 Å². The number of nitrogens with zero attached hydrogens (tertiary/aromatic N) is 1. The Morgan fingerprint density at radius 2 is 2.14 bits per heavy atom. The summed E-state index contributed by atoms with van der Waals surface area (Å²) in [4.78, 5) is 4.88. The summed E-state index contributed by atoms with van der Waals surface area (Å²) in [7, 11) is -3.58. The molecule has 0 atom stereocenters. The van der Waals surface area contributed by atoms with Crippen LogP contribution in [-0.4, -0.2) is 24.9 Å². The van der Waals surface area contributed by atoms with Crippen molar-refractivity contribution in [3.8, 4) is 0 Å². The van der Waals surface area contributed by atoms with Crippen LogP contribution in [0.15, 0.2) is 35.4 Å². The number of hydrogen-bond donors (Lipinski definition) is 2. The van der Waals surface area contributed by atoms with Gasteiger partial charge in [0.05, 0.1) is 15.4 Å². The largest absolute Gasteiger partial charge is 0.393 e. The van der Waals surface area contributed by atoms with Gasteiger partial charge in [-0.25, -0.2) is 13.1 Å². The molecule has 0 spiro atoms. The number of thiocarbonyl (C=S) groups is 1. The van der Waals surface area contributed by atoms with Gasteiger partial charge in [0.1, 0.15) is 0 Å². The molecule has 1 aromatic heterocycles. The Morgan fingerprint density at radius 3 is 2.86 bits per heavy atom. The second kappa shape index (κ2) is 6.46. The molecule has 112 valence electrons. The number of pyridine rings is 1. The Bertz CT molecular complexity index is 773. The lowest BCUT2D eigenvalue weighted by Gasteiger charge is -2.10. The lowest BCUT2D eigenvalue weighted by molar-refractivity contribution is 0.581. The summed E-state index contributed by atoms with van der Waals surface area (Å²) in [5, 5.41) is 0.624. The highest BCUT2D eigenvalue weighted by molar-refractivity contribution is 7.89. The number of benzene rings is 1. The molecule has 5 nitrogen and oxygen atoms in total. The third-order valence-electron chi connectivity index (χ3n) is 3.11. The van der Waals surface area contributed by atoms with Crippen LogP contribution >= 0.6 is 12.2 Å². The fourth-order valence-corrected chi connectivity index (χ4v) is 3.48. The van der Waals surface area contributed by atoms with Crippen LogP contribution in [0.2, 0.25) is 0 Å². The highest BCUT2D eigenvalue weighted by Crippen LogP contribution is 2.23. The van der Waals surface area contributed by atoms with Gasteiger partial charge in [0.25, 0.3) is 0 Å². The molecule has 2 rings (SSSR count). The molecule has 0 unspecified atom stereocenters. The molecule has 3 N–H and O–H groups in total. The van der Waals surface area contributed by atoms with Crippen molar-refractivity contribution in [3.63, 3.8) is 0 Å². The quantitative estimate of drug-likeness (QED) is 0.626. The molecule has 0 aliphatic carbocycles. The van der Waals surface area contributed by atoms with Crippen LogP contribution in [0, 0.1) is 6.92 Å². The van der Waals surface area contributed by atoms with Crippen LogP contribution in [0.25, 0.3) is 10.9 Å². The molecular formula is C14H17N3O2S2. The summed E-state index contributed by atoms with van der Waals surface area (Å²) in [5.74, 6) is 0. The maximum absolute atomic E-state index is 12.4. The van der Waals surface area contributed by atoms with Crippen molar-refractivity contribution < 1.29 is 8.42 Å². The van der Waals surface area contributed by atoms with Gasteiger partial charge in [0.15, 0.2) is 0 Å². The number of rotatable bonds is 6. The summed E-state index contributed by atoms with van der Waals surface area (Å²) >= 11 is 4.77. The van der Waals surface area contributed by atoms with Gasteiger partial charge in [-0.15, -0.1) is 0 Å². The Hall–Kier alpha value is -1.57. The van der Waals surface area contributed by atoms with Crippen LogP contribution in [-0.2, 0) is 10.0 Å². The van der Waals surface area contributed by atoms with Crippen LogP contribution in [0.1, 0.15) is 18.4 Å². The molecule has 0 amide bonds. The molecule has 0 saturated carbocycles. The van der Waals surface area contributed by atoms with Crippen molar-refractivity contribution in [1.82, 2.24) is 9.71 Å². The van der Waals surface area contributed by atoms with E-state index in [4.69, 9.17) is 18.0 Å². The summed E-state index contributed by atoms with van der Waals surface area (Å²) in [5.41, 5.74) is 7.03. The van der Waals surface area contributed by atoms with Crippen LogP contribution in [0.5, 0.6) is 0 Å². The number of nitrogens with one attached hydrogen (secondary N) is 1. The average Bonchev–Trinajstić information content (AvgIpc) is 2.44. The summed E-state index contributed by atoms with van der Waals surface area (Å²) in [6, 6.07) is 6.86. The van der Waals surface area contributed by atoms with E-state index in [2.05, 4.69) is 9.71 Å². The average molecular weight is 323 g/mol. The van der Waals surface area contributed by atoms with E-state index in [1.165, 1.54) is 0 Å². The number of fused-ring (bicyclic) bond motifs is 1. The van der Waals surface area contributed by atoms with Gasteiger partial charge in [-0.3, -0.25) is 4.98 Å². The van der Waals surface area contributed by atoms with E-state index >= 15 is 0 Å². The molecule has 0 aliphatic heterocycles. The Morgan fingerprint density at radius 1 is 1.38 bits per heavy atom. The maximum atomic E-state index is 12.4. The first-order valence-corrected chi connectivity index (χ1v) is 8.43. The molecule has 0 saturated heterocycles. The third-order valence-corrected chi connectivity index (χ3v) is 4.84. The van der Waals surface area contributed by atoms with E-state index in [-0.39, 0.29) is 4.90 Å². The van der Waals surface area contributed by atoms with Gasteiger partial charge >= 0.3 is 0 Å². The van der Waals surface area contributed by atoms with Gasteiger partial charge in [0, 0.05) is 18.1 Å². The summed E-state index contributed by atoms with van der Waals surface area (Å²) in [6.45, 7) is 2.21. The lowest BCUT2D eigenvalue weighted by Crippen LogP contribution is -2.26. The molecule has 0 aliphatic rings. The fourth-order valence-electron chi connectivity index (χ4n) is 2.07. The summed E-state index contributed by atoms with van der Waals surface area (Å²) < 4.78 is 27.4. The van der Waals surface area contributed by atoms with E-state index in [0.717, 1.165) is 5.56 Å². The molecule has 0 radical (unpaired) electrons. The van der Waals surface area contributed by atoms with Crippen molar-refractivity contribution in [2.45, 2.75) is 24.7 Å². The van der Waals surface area contributed by atoms with E-state index in [9.17, 15) is 8.42 Å². The van der Waals surface area contributed by atoms with Crippen molar-refractivity contribution in [2.75, 3.05) is 6.54 Å². The zero-order chi connectivity index (χ0) is 15.5. The predicted molar refractivity (Wildman–Crippen MR) is 87.7 cm³/mol. The van der Waals surface area contributed by atoms with Gasteiger partial charge in [-0.2, -0.15) is 0 Å². The Kier molecular flexibility index (Phi) is 4.87. The minimum absolute atomic E-state index is 0.242. The second-order valence-corrected chi connectivity index (χ2v) is 7.01. The van der Waals surface area contributed by atoms with Gasteiger partial charge in [-0.1, -0.05) is 18.3 Å². The maximum Gasteiger partial charge on any atom is 0.241 e. The van der Waals surface area contributed by atoms with Crippen molar-refractivity contribution in [2.24, 2.45) is 5.73 Å². The zero-order valence-corrected chi connectivity index (χ0v) is 13.3. The lowest BCUT2D eigenvalue weighted by atomic mass is 10.1. The molecule has 2 aromatic rings. The van der Waals surface area contributed by atoms with Gasteiger partial charge < -0.3 is 5.73 Å². The molecule has 7 heteroatoms. The van der Waals surface area contributed by atoms with Gasteiger partial charge in [0.2, 0.25) is 10.0 Å². The zero-order valence-electron chi connectivity index (χ0n) is 11.7. The van der Waals surface area contributed by atoms with E-state index in [1.807, 2.05) is 6.92 Å². The SMILES string of the molecule is Cc1ccc(S(=O)(=O)NCCCC(N)=S)c2cccnc12. The second-order valence-electron chi connectivity index (χ2n) is 4.75. The monoisotopic (exact) mass is 323 g/mol. The summed E-state index contributed by atoms with van der Waals surface area (Å²) in [6.07, 6.45) is 2.76. The highest BCUT2D eigenvalue weighted by Gasteiger charge is 2.17. The minimum atomic E-state index is -3.58.